The zero-order valence-electron chi connectivity index (χ0n) is 12.2. The van der Waals surface area contributed by atoms with Crippen LogP contribution in [-0.2, 0) is 28.6 Å². The first kappa shape index (κ1) is 16.8. The lowest BCUT2D eigenvalue weighted by Gasteiger charge is -2.26. The van der Waals surface area contributed by atoms with E-state index in [4.69, 9.17) is 14.2 Å². The number of cyclic esters (lactones) is 1. The Balaban J connectivity index is 2.91. The Kier molecular flexibility index (Phi) is 4.82. The molecule has 0 spiro atoms. The smallest absolute Gasteiger partial charge is 0.378 e. The van der Waals surface area contributed by atoms with Crippen molar-refractivity contribution in [3.05, 3.63) is 11.5 Å². The fourth-order valence-corrected chi connectivity index (χ4v) is 1.42. The van der Waals surface area contributed by atoms with E-state index in [2.05, 4.69) is 0 Å². The Morgan fingerprint density at radius 3 is 2.29 bits per heavy atom. The molecule has 0 fully saturated rings. The summed E-state index contributed by atoms with van der Waals surface area (Å²) in [6, 6.07) is 0. The topological polar surface area (TPSA) is 119 Å². The number of ether oxygens (including phenoxy) is 3. The van der Waals surface area contributed by atoms with Crippen molar-refractivity contribution in [3.63, 3.8) is 0 Å². The van der Waals surface area contributed by atoms with E-state index in [9.17, 15) is 24.6 Å². The molecule has 1 aliphatic rings. The molecule has 0 amide bonds. The van der Waals surface area contributed by atoms with Gasteiger partial charge in [-0.2, -0.15) is 0 Å². The summed E-state index contributed by atoms with van der Waals surface area (Å²) in [5.41, 5.74) is -0.849. The highest BCUT2D eigenvalue weighted by Gasteiger charge is 2.43. The monoisotopic (exact) mass is 302 g/mol. The SMILES string of the molecule is CC(=O)OC[C@H](OC(=O)C(C)(C)C)[C@H]1OC(=O)C(O)=C1O. The van der Waals surface area contributed by atoms with Gasteiger partial charge in [0.2, 0.25) is 11.9 Å². The number of carbonyl (C=O) groups is 3. The van der Waals surface area contributed by atoms with Gasteiger partial charge < -0.3 is 24.4 Å². The summed E-state index contributed by atoms with van der Waals surface area (Å²) in [5.74, 6) is -4.14. The van der Waals surface area contributed by atoms with Crippen LogP contribution >= 0.6 is 0 Å². The molecule has 21 heavy (non-hydrogen) atoms. The Bertz CT molecular complexity index is 485. The number of esters is 3. The lowest BCUT2D eigenvalue weighted by molar-refractivity contribution is -0.176. The Morgan fingerprint density at radius 2 is 1.90 bits per heavy atom. The number of aliphatic hydroxyl groups is 2. The van der Waals surface area contributed by atoms with E-state index >= 15 is 0 Å². The van der Waals surface area contributed by atoms with Crippen molar-refractivity contribution in [1.82, 2.24) is 0 Å². The molecule has 0 aromatic heterocycles. The van der Waals surface area contributed by atoms with E-state index in [0.29, 0.717) is 0 Å². The summed E-state index contributed by atoms with van der Waals surface area (Å²) in [6.45, 7) is 5.53. The maximum Gasteiger partial charge on any atom is 0.378 e. The molecule has 2 atom stereocenters. The van der Waals surface area contributed by atoms with Crippen LogP contribution in [0.2, 0.25) is 0 Å². The van der Waals surface area contributed by atoms with Crippen molar-refractivity contribution >= 4 is 17.9 Å². The molecule has 1 heterocycles. The van der Waals surface area contributed by atoms with Crippen LogP contribution < -0.4 is 0 Å². The van der Waals surface area contributed by atoms with Gasteiger partial charge in [0.1, 0.15) is 6.61 Å². The van der Waals surface area contributed by atoms with E-state index in [0.717, 1.165) is 6.92 Å². The molecule has 0 aliphatic carbocycles. The third-order valence-corrected chi connectivity index (χ3v) is 2.60. The molecule has 0 saturated carbocycles. The minimum atomic E-state index is -1.41. The molecular formula is C13H18O8. The first-order valence-electron chi connectivity index (χ1n) is 6.21. The minimum Gasteiger partial charge on any atom is -0.505 e. The molecule has 0 saturated heterocycles. The summed E-state index contributed by atoms with van der Waals surface area (Å²) in [6.07, 6.45) is -2.67. The molecule has 2 N–H and O–H groups in total. The van der Waals surface area contributed by atoms with Crippen molar-refractivity contribution in [2.45, 2.75) is 39.9 Å². The highest BCUT2D eigenvalue weighted by Crippen LogP contribution is 2.25. The number of carbonyl (C=O) groups excluding carboxylic acids is 3. The van der Waals surface area contributed by atoms with E-state index < -0.39 is 53.7 Å². The number of hydrogen-bond donors (Lipinski definition) is 2. The lowest BCUT2D eigenvalue weighted by atomic mass is 9.97. The second-order valence-electron chi connectivity index (χ2n) is 5.56. The molecule has 8 nitrogen and oxygen atoms in total. The third-order valence-electron chi connectivity index (χ3n) is 2.60. The van der Waals surface area contributed by atoms with E-state index in [1.165, 1.54) is 0 Å². The molecule has 0 aromatic rings. The van der Waals surface area contributed by atoms with Crippen LogP contribution in [0.5, 0.6) is 0 Å². The van der Waals surface area contributed by atoms with Gasteiger partial charge in [-0.05, 0) is 20.8 Å². The van der Waals surface area contributed by atoms with Crippen LogP contribution in [0.4, 0.5) is 0 Å². The zero-order chi connectivity index (χ0) is 16.4. The average molecular weight is 302 g/mol. The average Bonchev–Trinajstić information content (AvgIpc) is 2.60. The Labute approximate surface area is 121 Å². The second-order valence-corrected chi connectivity index (χ2v) is 5.56. The normalized spacial score (nSPS) is 20.0. The van der Waals surface area contributed by atoms with Gasteiger partial charge in [-0.15, -0.1) is 0 Å². The highest BCUT2D eigenvalue weighted by molar-refractivity contribution is 5.89. The number of aliphatic hydroxyl groups excluding tert-OH is 2. The largest absolute Gasteiger partial charge is 0.505 e. The maximum absolute atomic E-state index is 11.9. The first-order valence-corrected chi connectivity index (χ1v) is 6.21. The lowest BCUT2D eigenvalue weighted by Crippen LogP contribution is -2.40. The standard InChI is InChI=1S/C13H18O8/c1-6(14)19-5-7(20-12(18)13(2,3)4)10-8(15)9(16)11(17)21-10/h7,10,15-16H,5H2,1-4H3/t7-,10+/m0/s1. The highest BCUT2D eigenvalue weighted by atomic mass is 16.6. The van der Waals surface area contributed by atoms with Crippen LogP contribution in [0, 0.1) is 5.41 Å². The van der Waals surface area contributed by atoms with E-state index in [-0.39, 0.29) is 0 Å². The second kappa shape index (κ2) is 6.02. The fourth-order valence-electron chi connectivity index (χ4n) is 1.42. The number of hydrogen-bond acceptors (Lipinski definition) is 8. The fraction of sp³-hybridized carbons (Fsp3) is 0.615. The van der Waals surface area contributed by atoms with Gasteiger partial charge in [0.15, 0.2) is 11.9 Å². The molecular weight excluding hydrogens is 284 g/mol. The summed E-state index contributed by atoms with van der Waals surface area (Å²) in [7, 11) is 0. The van der Waals surface area contributed by atoms with Gasteiger partial charge in [0, 0.05) is 6.92 Å². The molecule has 0 unspecified atom stereocenters. The third kappa shape index (κ3) is 4.11. The van der Waals surface area contributed by atoms with Crippen molar-refractivity contribution in [1.29, 1.82) is 0 Å². The maximum atomic E-state index is 11.9. The molecule has 0 aromatic carbocycles. The van der Waals surface area contributed by atoms with E-state index in [1.54, 1.807) is 20.8 Å². The van der Waals surface area contributed by atoms with Crippen LogP contribution in [-0.4, -0.2) is 46.9 Å². The van der Waals surface area contributed by atoms with Crippen LogP contribution in [0.15, 0.2) is 11.5 Å². The molecule has 0 radical (unpaired) electrons. The van der Waals surface area contributed by atoms with Crippen LogP contribution in [0.25, 0.3) is 0 Å². The quantitative estimate of drug-likeness (QED) is 0.577. The summed E-state index contributed by atoms with van der Waals surface area (Å²) in [4.78, 5) is 33.9. The van der Waals surface area contributed by atoms with Crippen molar-refractivity contribution in [2.24, 2.45) is 5.41 Å². The molecule has 118 valence electrons. The van der Waals surface area contributed by atoms with Crippen LogP contribution in [0.1, 0.15) is 27.7 Å². The first-order chi connectivity index (χ1) is 9.54. The van der Waals surface area contributed by atoms with Gasteiger partial charge >= 0.3 is 17.9 Å². The van der Waals surface area contributed by atoms with Crippen molar-refractivity contribution < 1.29 is 38.8 Å². The molecule has 8 heteroatoms. The molecule has 1 aliphatic heterocycles. The van der Waals surface area contributed by atoms with E-state index in [1.807, 2.05) is 0 Å². The Hall–Kier alpha value is -2.25. The van der Waals surface area contributed by atoms with Gasteiger partial charge in [0.25, 0.3) is 0 Å². The van der Waals surface area contributed by atoms with Gasteiger partial charge in [0.05, 0.1) is 5.41 Å². The predicted molar refractivity (Wildman–Crippen MR) is 68.1 cm³/mol. The van der Waals surface area contributed by atoms with Gasteiger partial charge in [-0.3, -0.25) is 9.59 Å². The molecule has 1 rings (SSSR count). The van der Waals surface area contributed by atoms with Crippen LogP contribution in [0.3, 0.4) is 0 Å². The summed E-state index contributed by atoms with van der Waals surface area (Å²) in [5, 5.41) is 18.9. The predicted octanol–water partition coefficient (Wildman–Crippen LogP) is 0.760. The van der Waals surface area contributed by atoms with Crippen molar-refractivity contribution in [2.75, 3.05) is 6.61 Å². The minimum absolute atomic E-state index is 0.424. The van der Waals surface area contributed by atoms with Gasteiger partial charge in [-0.25, -0.2) is 4.79 Å². The van der Waals surface area contributed by atoms with Crippen molar-refractivity contribution in [3.8, 4) is 0 Å². The molecule has 0 bridgehead atoms. The zero-order valence-corrected chi connectivity index (χ0v) is 12.2. The Morgan fingerprint density at radius 1 is 1.33 bits per heavy atom. The summed E-state index contributed by atoms with van der Waals surface area (Å²) >= 11 is 0. The number of rotatable bonds is 4. The van der Waals surface area contributed by atoms with Gasteiger partial charge in [-0.1, -0.05) is 0 Å². The summed E-state index contributed by atoms with van der Waals surface area (Å²) < 4.78 is 14.6.